The Labute approximate surface area is 131 Å². The molecule has 0 aliphatic rings. The van der Waals surface area contributed by atoms with Crippen molar-refractivity contribution >= 4 is 0 Å². The minimum Gasteiger partial charge on any atom is -0.244 e. The molecule has 0 aliphatic carbocycles. The van der Waals surface area contributed by atoms with Gasteiger partial charge in [0.15, 0.2) is 0 Å². The molecule has 23 heavy (non-hydrogen) atoms. The van der Waals surface area contributed by atoms with Crippen LogP contribution in [0.5, 0.6) is 0 Å². The summed E-state index contributed by atoms with van der Waals surface area (Å²) in [6.45, 7) is 1.94. The maximum atomic E-state index is 12.9. The topological polar surface area (TPSA) is 25.8 Å². The molecule has 0 spiro atoms. The third-order valence-electron chi connectivity index (χ3n) is 3.63. The molecule has 3 rings (SSSR count). The molecule has 1 heterocycles. The summed E-state index contributed by atoms with van der Waals surface area (Å²) in [5.41, 5.74) is 3.34. The van der Waals surface area contributed by atoms with Gasteiger partial charge in [0.1, 0.15) is 6.33 Å². The zero-order valence-corrected chi connectivity index (χ0v) is 12.3. The van der Waals surface area contributed by atoms with Crippen LogP contribution in [0.1, 0.15) is 11.1 Å². The van der Waals surface area contributed by atoms with Crippen LogP contribution in [0.3, 0.4) is 0 Å². The fourth-order valence-electron chi connectivity index (χ4n) is 2.43. The molecule has 0 fully saturated rings. The molecule has 0 bridgehead atoms. The molecule has 2 aromatic carbocycles. The number of alkyl halides is 3. The van der Waals surface area contributed by atoms with Gasteiger partial charge in [-0.05, 0) is 47.4 Å². The molecule has 0 saturated heterocycles. The lowest BCUT2D eigenvalue weighted by Gasteiger charge is -2.11. The highest BCUT2D eigenvalue weighted by atomic mass is 19.4. The number of aromatic nitrogens is 2. The molecular weight excluding hydrogens is 301 g/mol. The van der Waals surface area contributed by atoms with E-state index in [2.05, 4.69) is 9.97 Å². The van der Waals surface area contributed by atoms with Gasteiger partial charge in [0, 0.05) is 18.0 Å². The molecule has 0 N–H and O–H groups in total. The predicted molar refractivity (Wildman–Crippen MR) is 82.6 cm³/mol. The zero-order valence-electron chi connectivity index (χ0n) is 12.3. The van der Waals surface area contributed by atoms with Crippen LogP contribution < -0.4 is 0 Å². The van der Waals surface area contributed by atoms with Gasteiger partial charge in [0.25, 0.3) is 0 Å². The van der Waals surface area contributed by atoms with Crippen molar-refractivity contribution in [2.45, 2.75) is 13.1 Å². The first-order chi connectivity index (χ1) is 10.9. The lowest BCUT2D eigenvalue weighted by atomic mass is 9.96. The van der Waals surface area contributed by atoms with E-state index in [1.165, 1.54) is 12.4 Å². The highest BCUT2D eigenvalue weighted by Crippen LogP contribution is 2.33. The lowest BCUT2D eigenvalue weighted by Crippen LogP contribution is -2.04. The van der Waals surface area contributed by atoms with Gasteiger partial charge >= 0.3 is 6.18 Å². The van der Waals surface area contributed by atoms with Crippen molar-refractivity contribution in [2.75, 3.05) is 0 Å². The molecule has 0 amide bonds. The Balaban J connectivity index is 2.09. The first-order valence-electron chi connectivity index (χ1n) is 6.99. The highest BCUT2D eigenvalue weighted by Gasteiger charge is 2.30. The molecule has 0 saturated carbocycles. The molecule has 2 nitrogen and oxygen atoms in total. The Morgan fingerprint density at radius 2 is 1.52 bits per heavy atom. The standard InChI is InChI=1S/C18H13F3N2/c1-12-5-6-14(8-17(12)15-9-22-11-23-10-15)13-3-2-4-16(7-13)18(19,20)21/h2-11H,1H3. The summed E-state index contributed by atoms with van der Waals surface area (Å²) in [4.78, 5) is 7.98. The second-order valence-electron chi connectivity index (χ2n) is 5.24. The van der Waals surface area contributed by atoms with Crippen molar-refractivity contribution in [1.29, 1.82) is 0 Å². The predicted octanol–water partition coefficient (Wildman–Crippen LogP) is 5.14. The van der Waals surface area contributed by atoms with Crippen LogP contribution in [0.4, 0.5) is 13.2 Å². The number of hydrogen-bond donors (Lipinski definition) is 0. The van der Waals surface area contributed by atoms with Crippen LogP contribution in [0.15, 0.2) is 61.2 Å². The smallest absolute Gasteiger partial charge is 0.244 e. The van der Waals surface area contributed by atoms with E-state index in [0.29, 0.717) is 5.56 Å². The number of rotatable bonds is 2. The zero-order chi connectivity index (χ0) is 16.4. The largest absolute Gasteiger partial charge is 0.416 e. The molecule has 0 aliphatic heterocycles. The van der Waals surface area contributed by atoms with Crippen LogP contribution >= 0.6 is 0 Å². The van der Waals surface area contributed by atoms with Gasteiger partial charge in [-0.25, -0.2) is 9.97 Å². The van der Waals surface area contributed by atoms with Crippen molar-refractivity contribution in [1.82, 2.24) is 9.97 Å². The van der Waals surface area contributed by atoms with Gasteiger partial charge in [-0.2, -0.15) is 13.2 Å². The number of halogens is 3. The third kappa shape index (κ3) is 3.23. The molecule has 3 aromatic rings. The van der Waals surface area contributed by atoms with Gasteiger partial charge < -0.3 is 0 Å². The van der Waals surface area contributed by atoms with Crippen molar-refractivity contribution < 1.29 is 13.2 Å². The van der Waals surface area contributed by atoms with Crippen molar-refractivity contribution in [3.05, 3.63) is 72.3 Å². The second kappa shape index (κ2) is 5.83. The van der Waals surface area contributed by atoms with Gasteiger partial charge in [-0.1, -0.05) is 24.3 Å². The van der Waals surface area contributed by atoms with E-state index in [4.69, 9.17) is 0 Å². The fraction of sp³-hybridized carbons (Fsp3) is 0.111. The van der Waals surface area contributed by atoms with Crippen LogP contribution in [-0.4, -0.2) is 9.97 Å². The second-order valence-corrected chi connectivity index (χ2v) is 5.24. The molecular formula is C18H13F3N2. The Kier molecular flexibility index (Phi) is 3.86. The van der Waals surface area contributed by atoms with Crippen LogP contribution in [0, 0.1) is 6.92 Å². The van der Waals surface area contributed by atoms with Crippen molar-refractivity contribution in [3.63, 3.8) is 0 Å². The first kappa shape index (κ1) is 15.2. The molecule has 1 aromatic heterocycles. The quantitative estimate of drug-likeness (QED) is 0.654. The monoisotopic (exact) mass is 314 g/mol. The molecule has 0 radical (unpaired) electrons. The van der Waals surface area contributed by atoms with Crippen molar-refractivity contribution in [2.24, 2.45) is 0 Å². The Hall–Kier alpha value is -2.69. The summed E-state index contributed by atoms with van der Waals surface area (Å²) in [7, 11) is 0. The van der Waals surface area contributed by atoms with E-state index >= 15 is 0 Å². The summed E-state index contributed by atoms with van der Waals surface area (Å²) < 4.78 is 38.6. The fourth-order valence-corrected chi connectivity index (χ4v) is 2.43. The van der Waals surface area contributed by atoms with E-state index < -0.39 is 11.7 Å². The average Bonchev–Trinajstić information content (AvgIpc) is 2.55. The van der Waals surface area contributed by atoms with Crippen LogP contribution in [0.2, 0.25) is 0 Å². The van der Waals surface area contributed by atoms with Gasteiger partial charge in [-0.3, -0.25) is 0 Å². The summed E-state index contributed by atoms with van der Waals surface area (Å²) in [6.07, 6.45) is 0.461. The highest BCUT2D eigenvalue weighted by molar-refractivity contribution is 5.75. The Morgan fingerprint density at radius 3 is 2.22 bits per heavy atom. The van der Waals surface area contributed by atoms with Crippen molar-refractivity contribution in [3.8, 4) is 22.3 Å². The molecule has 0 atom stereocenters. The minimum absolute atomic E-state index is 0.526. The molecule has 0 unspecified atom stereocenters. The summed E-state index contributed by atoms with van der Waals surface area (Å²) in [5, 5.41) is 0. The minimum atomic E-state index is -4.35. The SMILES string of the molecule is Cc1ccc(-c2cccc(C(F)(F)F)c2)cc1-c1cncnc1. The lowest BCUT2D eigenvalue weighted by molar-refractivity contribution is -0.137. The van der Waals surface area contributed by atoms with E-state index in [-0.39, 0.29) is 0 Å². The van der Waals surface area contributed by atoms with E-state index in [1.54, 1.807) is 18.5 Å². The summed E-state index contributed by atoms with van der Waals surface area (Å²) in [5.74, 6) is 0. The summed E-state index contributed by atoms with van der Waals surface area (Å²) in [6, 6.07) is 10.9. The van der Waals surface area contributed by atoms with Gasteiger partial charge in [0.05, 0.1) is 5.56 Å². The normalized spacial score (nSPS) is 11.5. The number of aryl methyl sites for hydroxylation is 1. The first-order valence-corrected chi connectivity index (χ1v) is 6.99. The average molecular weight is 314 g/mol. The Morgan fingerprint density at radius 1 is 0.826 bits per heavy atom. The number of hydrogen-bond acceptors (Lipinski definition) is 2. The van der Waals surface area contributed by atoms with E-state index in [1.807, 2.05) is 25.1 Å². The molecule has 5 heteroatoms. The van der Waals surface area contributed by atoms with E-state index in [9.17, 15) is 13.2 Å². The summed E-state index contributed by atoms with van der Waals surface area (Å²) >= 11 is 0. The number of benzene rings is 2. The maximum absolute atomic E-state index is 12.9. The maximum Gasteiger partial charge on any atom is 0.416 e. The van der Waals surface area contributed by atoms with Crippen LogP contribution in [-0.2, 0) is 6.18 Å². The third-order valence-corrected chi connectivity index (χ3v) is 3.63. The van der Waals surface area contributed by atoms with Gasteiger partial charge in [0.2, 0.25) is 0 Å². The Bertz CT molecular complexity index is 827. The van der Waals surface area contributed by atoms with Crippen LogP contribution in [0.25, 0.3) is 22.3 Å². The number of nitrogens with zero attached hydrogens (tertiary/aromatic N) is 2. The molecule has 116 valence electrons. The van der Waals surface area contributed by atoms with E-state index in [0.717, 1.165) is 34.4 Å². The van der Waals surface area contributed by atoms with Gasteiger partial charge in [-0.15, -0.1) is 0 Å².